The number of fused-ring (bicyclic) bond motifs is 1. The number of ether oxygens (including phenoxy) is 2. The lowest BCUT2D eigenvalue weighted by molar-refractivity contribution is -0.151. The van der Waals surface area contributed by atoms with Crippen molar-refractivity contribution in [2.75, 3.05) is 20.3 Å². The quantitative estimate of drug-likeness (QED) is 0.809. The molecule has 4 heteroatoms. The average molecular weight is 277 g/mol. The molecule has 0 spiro atoms. The van der Waals surface area contributed by atoms with E-state index in [0.717, 1.165) is 18.6 Å². The molecule has 4 nitrogen and oxygen atoms in total. The van der Waals surface area contributed by atoms with E-state index in [2.05, 4.69) is 17.4 Å². The van der Waals surface area contributed by atoms with E-state index in [4.69, 9.17) is 9.47 Å². The van der Waals surface area contributed by atoms with Gasteiger partial charge < -0.3 is 14.8 Å². The van der Waals surface area contributed by atoms with E-state index in [1.54, 1.807) is 20.9 Å². The molecule has 0 amide bonds. The third-order valence-electron chi connectivity index (χ3n) is 3.88. The van der Waals surface area contributed by atoms with Crippen molar-refractivity contribution in [2.45, 2.75) is 38.6 Å². The second kappa shape index (κ2) is 6.27. The third-order valence-corrected chi connectivity index (χ3v) is 3.88. The van der Waals surface area contributed by atoms with Crippen LogP contribution in [0, 0.1) is 0 Å². The summed E-state index contributed by atoms with van der Waals surface area (Å²) in [5.41, 5.74) is 1.96. The Kier molecular flexibility index (Phi) is 4.65. The lowest BCUT2D eigenvalue weighted by Crippen LogP contribution is -2.53. The number of esters is 1. The summed E-state index contributed by atoms with van der Waals surface area (Å²) in [4.78, 5) is 11.9. The molecule has 0 bridgehead atoms. The molecular weight excluding hydrogens is 254 g/mol. The molecule has 1 unspecified atom stereocenters. The summed E-state index contributed by atoms with van der Waals surface area (Å²) in [6.45, 7) is 4.21. The van der Waals surface area contributed by atoms with Gasteiger partial charge in [0.25, 0.3) is 0 Å². The van der Waals surface area contributed by atoms with E-state index in [1.807, 2.05) is 6.07 Å². The first-order valence-electron chi connectivity index (χ1n) is 7.20. The smallest absolute Gasteiger partial charge is 0.329 e. The minimum Gasteiger partial charge on any atom is -0.491 e. The molecule has 1 atom stereocenters. The molecule has 2 rings (SSSR count). The van der Waals surface area contributed by atoms with Gasteiger partial charge in [-0.3, -0.25) is 0 Å². The molecule has 0 heterocycles. The van der Waals surface area contributed by atoms with Crippen molar-refractivity contribution in [3.63, 3.8) is 0 Å². The maximum atomic E-state index is 11.9. The van der Waals surface area contributed by atoms with Gasteiger partial charge in [-0.1, -0.05) is 6.07 Å². The van der Waals surface area contributed by atoms with E-state index in [0.29, 0.717) is 6.61 Å². The summed E-state index contributed by atoms with van der Waals surface area (Å²) in [5.74, 6) is 0.528. The van der Waals surface area contributed by atoms with Gasteiger partial charge in [0.1, 0.15) is 17.9 Å². The molecule has 0 aromatic heterocycles. The molecule has 0 fully saturated rings. The highest BCUT2D eigenvalue weighted by atomic mass is 16.5. The van der Waals surface area contributed by atoms with Crippen LogP contribution in [0.1, 0.15) is 31.4 Å². The number of carbonyl (C=O) groups excluding carboxylic acids is 1. The number of nitrogens with one attached hydrogen (secondary N) is 1. The molecule has 1 aliphatic rings. The number of benzene rings is 1. The number of aryl methyl sites for hydroxylation is 2. The molecule has 0 radical (unpaired) electrons. The van der Waals surface area contributed by atoms with Crippen LogP contribution in [0.5, 0.6) is 5.75 Å². The first-order valence-corrected chi connectivity index (χ1v) is 7.20. The molecule has 0 saturated heterocycles. The Morgan fingerprint density at radius 2 is 2.10 bits per heavy atom. The van der Waals surface area contributed by atoms with E-state index in [1.165, 1.54) is 17.5 Å². The third kappa shape index (κ3) is 3.12. The molecule has 20 heavy (non-hydrogen) atoms. The maximum Gasteiger partial charge on any atom is 0.329 e. The van der Waals surface area contributed by atoms with Gasteiger partial charge in [-0.2, -0.15) is 0 Å². The average Bonchev–Trinajstić information content (AvgIpc) is 2.92. The molecule has 1 N–H and O–H groups in total. The van der Waals surface area contributed by atoms with Gasteiger partial charge in [0.2, 0.25) is 0 Å². The summed E-state index contributed by atoms with van der Waals surface area (Å²) in [5, 5.41) is 2.99. The summed E-state index contributed by atoms with van der Waals surface area (Å²) >= 11 is 0. The molecular formula is C16H23NO3. The highest BCUT2D eigenvalue weighted by Crippen LogP contribution is 2.26. The Hall–Kier alpha value is -1.55. The monoisotopic (exact) mass is 277 g/mol. The van der Waals surface area contributed by atoms with Gasteiger partial charge in [-0.05, 0) is 63.4 Å². The van der Waals surface area contributed by atoms with Gasteiger partial charge in [0.15, 0.2) is 0 Å². The molecule has 1 aromatic carbocycles. The Balaban J connectivity index is 2.01. The van der Waals surface area contributed by atoms with Crippen LogP contribution in [0.25, 0.3) is 0 Å². The zero-order chi connectivity index (χ0) is 14.6. The summed E-state index contributed by atoms with van der Waals surface area (Å²) in [6.07, 6.45) is 3.50. The lowest BCUT2D eigenvalue weighted by atomic mass is 10.0. The Morgan fingerprint density at radius 3 is 2.80 bits per heavy atom. The topological polar surface area (TPSA) is 47.6 Å². The zero-order valence-corrected chi connectivity index (χ0v) is 12.5. The highest BCUT2D eigenvalue weighted by molar-refractivity contribution is 5.80. The maximum absolute atomic E-state index is 11.9. The normalized spacial score (nSPS) is 16.4. The van der Waals surface area contributed by atoms with Crippen molar-refractivity contribution in [1.82, 2.24) is 5.32 Å². The number of carbonyl (C=O) groups is 1. The Morgan fingerprint density at radius 1 is 1.35 bits per heavy atom. The van der Waals surface area contributed by atoms with Gasteiger partial charge >= 0.3 is 5.97 Å². The van der Waals surface area contributed by atoms with Gasteiger partial charge in [-0.15, -0.1) is 0 Å². The van der Waals surface area contributed by atoms with Crippen LogP contribution in [-0.2, 0) is 22.4 Å². The minimum absolute atomic E-state index is 0.251. The van der Waals surface area contributed by atoms with Crippen molar-refractivity contribution < 1.29 is 14.3 Å². The number of likely N-dealkylation sites (N-methyl/N-ethyl adjacent to an activating group) is 1. The molecule has 0 saturated carbocycles. The van der Waals surface area contributed by atoms with Crippen LogP contribution in [0.15, 0.2) is 18.2 Å². The standard InChI is InChI=1S/C16H23NO3/c1-4-19-15(18)16(2,17-3)11-20-14-9-8-12-6-5-7-13(12)10-14/h8-10,17H,4-7,11H2,1-3H3. The fraction of sp³-hybridized carbons (Fsp3) is 0.562. The van der Waals surface area contributed by atoms with Gasteiger partial charge in [0, 0.05) is 0 Å². The Labute approximate surface area is 120 Å². The number of hydrogen-bond acceptors (Lipinski definition) is 4. The first kappa shape index (κ1) is 14.9. The predicted octanol–water partition coefficient (Wildman–Crippen LogP) is 2.10. The summed E-state index contributed by atoms with van der Waals surface area (Å²) in [6, 6.07) is 6.19. The van der Waals surface area contributed by atoms with E-state index in [-0.39, 0.29) is 12.6 Å². The van der Waals surface area contributed by atoms with Gasteiger partial charge in [-0.25, -0.2) is 4.79 Å². The number of hydrogen-bond donors (Lipinski definition) is 1. The first-order chi connectivity index (χ1) is 9.59. The van der Waals surface area contributed by atoms with Gasteiger partial charge in [0.05, 0.1) is 6.61 Å². The van der Waals surface area contributed by atoms with Crippen LogP contribution in [0.3, 0.4) is 0 Å². The van der Waals surface area contributed by atoms with E-state index in [9.17, 15) is 4.79 Å². The van der Waals surface area contributed by atoms with Crippen molar-refractivity contribution in [1.29, 1.82) is 0 Å². The molecule has 1 aromatic rings. The van der Waals surface area contributed by atoms with Crippen molar-refractivity contribution in [2.24, 2.45) is 0 Å². The lowest BCUT2D eigenvalue weighted by Gasteiger charge is -2.26. The fourth-order valence-electron chi connectivity index (χ4n) is 2.39. The highest BCUT2D eigenvalue weighted by Gasteiger charge is 2.34. The summed E-state index contributed by atoms with van der Waals surface area (Å²) < 4.78 is 10.9. The van der Waals surface area contributed by atoms with Crippen LogP contribution < -0.4 is 10.1 Å². The molecule has 110 valence electrons. The van der Waals surface area contributed by atoms with Crippen LogP contribution in [-0.4, -0.2) is 31.8 Å². The second-order valence-electron chi connectivity index (χ2n) is 5.38. The van der Waals surface area contributed by atoms with Crippen LogP contribution >= 0.6 is 0 Å². The van der Waals surface area contributed by atoms with Crippen molar-refractivity contribution in [3.8, 4) is 5.75 Å². The van der Waals surface area contributed by atoms with Crippen LogP contribution in [0.4, 0.5) is 0 Å². The molecule has 1 aliphatic carbocycles. The SMILES string of the molecule is CCOC(=O)C(C)(COc1ccc2c(c1)CCC2)NC. The predicted molar refractivity (Wildman–Crippen MR) is 78.1 cm³/mol. The van der Waals surface area contributed by atoms with Crippen molar-refractivity contribution >= 4 is 5.97 Å². The Bertz CT molecular complexity index is 487. The number of rotatable bonds is 6. The zero-order valence-electron chi connectivity index (χ0n) is 12.5. The fourth-order valence-corrected chi connectivity index (χ4v) is 2.39. The minimum atomic E-state index is -0.824. The van der Waals surface area contributed by atoms with Crippen LogP contribution in [0.2, 0.25) is 0 Å². The summed E-state index contributed by atoms with van der Waals surface area (Å²) in [7, 11) is 1.74. The van der Waals surface area contributed by atoms with E-state index >= 15 is 0 Å². The van der Waals surface area contributed by atoms with Crippen molar-refractivity contribution in [3.05, 3.63) is 29.3 Å². The largest absolute Gasteiger partial charge is 0.491 e. The van der Waals surface area contributed by atoms with E-state index < -0.39 is 5.54 Å². The molecule has 0 aliphatic heterocycles. The second-order valence-corrected chi connectivity index (χ2v) is 5.38.